The molecule has 5 rings (SSSR count). The van der Waals surface area contributed by atoms with Crippen LogP contribution in [0.2, 0.25) is 0 Å². The van der Waals surface area contributed by atoms with E-state index >= 15 is 0 Å². The summed E-state index contributed by atoms with van der Waals surface area (Å²) in [6.07, 6.45) is 5.80. The molecule has 3 heteroatoms. The Morgan fingerprint density at radius 3 is 2.80 bits per heavy atom. The number of hydrogen-bond donors (Lipinski definition) is 2. The van der Waals surface area contributed by atoms with Gasteiger partial charge in [-0.1, -0.05) is 30.7 Å². The predicted octanol–water partition coefficient (Wildman–Crippen LogP) is 2.80. The van der Waals surface area contributed by atoms with Gasteiger partial charge in [0.1, 0.15) is 0 Å². The van der Waals surface area contributed by atoms with E-state index in [1.54, 1.807) is 0 Å². The second-order valence-corrected chi connectivity index (χ2v) is 9.53. The van der Waals surface area contributed by atoms with Crippen LogP contribution in [-0.2, 0) is 11.8 Å². The van der Waals surface area contributed by atoms with Crippen molar-refractivity contribution in [2.75, 3.05) is 13.1 Å². The summed E-state index contributed by atoms with van der Waals surface area (Å²) in [5.74, 6) is 1.02. The second-order valence-electron chi connectivity index (χ2n) is 9.53. The van der Waals surface area contributed by atoms with Gasteiger partial charge in [0.05, 0.1) is 11.7 Å². The van der Waals surface area contributed by atoms with Crippen molar-refractivity contribution in [2.24, 2.45) is 11.8 Å². The smallest absolute Gasteiger partial charge is 0.0906 e. The largest absolute Gasteiger partial charge is 0.393 e. The molecule has 2 N–H and O–H groups in total. The van der Waals surface area contributed by atoms with Crippen LogP contribution in [-0.4, -0.2) is 45.9 Å². The van der Waals surface area contributed by atoms with Crippen LogP contribution < -0.4 is 0 Å². The number of rotatable bonds is 2. The van der Waals surface area contributed by atoms with E-state index in [0.29, 0.717) is 0 Å². The Kier molecular flexibility index (Phi) is 3.46. The van der Waals surface area contributed by atoms with Crippen molar-refractivity contribution in [2.45, 2.75) is 75.5 Å². The molecule has 1 saturated heterocycles. The van der Waals surface area contributed by atoms with Crippen LogP contribution in [0, 0.1) is 18.8 Å². The normalized spacial score (nSPS) is 43.4. The molecule has 1 aliphatic heterocycles. The molecule has 2 bridgehead atoms. The van der Waals surface area contributed by atoms with Gasteiger partial charge < -0.3 is 10.2 Å². The molecule has 3 nitrogen and oxygen atoms in total. The summed E-state index contributed by atoms with van der Waals surface area (Å²) < 4.78 is 0. The number of aryl methyl sites for hydroxylation is 1. The first kappa shape index (κ1) is 16.3. The molecule has 2 saturated carbocycles. The van der Waals surface area contributed by atoms with Gasteiger partial charge in [-0.3, -0.25) is 4.90 Å². The van der Waals surface area contributed by atoms with Crippen molar-refractivity contribution in [1.29, 1.82) is 0 Å². The fraction of sp³-hybridized carbons (Fsp3) is 0.727. The van der Waals surface area contributed by atoms with Crippen LogP contribution in [0.15, 0.2) is 18.2 Å². The van der Waals surface area contributed by atoms with Crippen molar-refractivity contribution in [3.05, 3.63) is 34.9 Å². The topological polar surface area (TPSA) is 43.7 Å². The fourth-order valence-electron chi connectivity index (χ4n) is 6.27. The lowest BCUT2D eigenvalue weighted by Crippen LogP contribution is -2.74. The minimum atomic E-state index is -0.695. The zero-order valence-electron chi connectivity index (χ0n) is 15.5. The van der Waals surface area contributed by atoms with E-state index in [1.807, 2.05) is 0 Å². The molecule has 3 aliphatic carbocycles. The number of aliphatic hydroxyl groups is 2. The van der Waals surface area contributed by atoms with Gasteiger partial charge in [0.2, 0.25) is 0 Å². The Hall–Kier alpha value is -0.900. The van der Waals surface area contributed by atoms with E-state index in [4.69, 9.17) is 0 Å². The van der Waals surface area contributed by atoms with Crippen LogP contribution in [0.5, 0.6) is 0 Å². The van der Waals surface area contributed by atoms with Gasteiger partial charge in [-0.15, -0.1) is 0 Å². The number of nitrogens with zero attached hydrogens (tertiary/aromatic N) is 1. The third-order valence-corrected chi connectivity index (χ3v) is 7.88. The van der Waals surface area contributed by atoms with E-state index in [1.165, 1.54) is 29.5 Å². The summed E-state index contributed by atoms with van der Waals surface area (Å²) in [6, 6.07) is 7.01. The predicted molar refractivity (Wildman–Crippen MR) is 98.6 cm³/mol. The highest BCUT2D eigenvalue weighted by molar-refractivity contribution is 5.47. The third kappa shape index (κ3) is 2.22. The lowest BCUT2D eigenvalue weighted by molar-refractivity contribution is -0.195. The van der Waals surface area contributed by atoms with Crippen molar-refractivity contribution in [1.82, 2.24) is 4.90 Å². The third-order valence-electron chi connectivity index (χ3n) is 7.88. The van der Waals surface area contributed by atoms with Gasteiger partial charge in [0.15, 0.2) is 0 Å². The Bertz CT molecular complexity index is 699. The monoisotopic (exact) mass is 341 g/mol. The Balaban J connectivity index is 1.65. The van der Waals surface area contributed by atoms with Crippen LogP contribution in [0.3, 0.4) is 0 Å². The lowest BCUT2D eigenvalue weighted by atomic mass is 9.47. The van der Waals surface area contributed by atoms with Crippen molar-refractivity contribution < 1.29 is 10.2 Å². The number of likely N-dealkylation sites (tertiary alicyclic amines) is 1. The van der Waals surface area contributed by atoms with E-state index in [9.17, 15) is 10.2 Å². The molecule has 0 radical (unpaired) electrons. The molecular formula is C22H31NO2. The van der Waals surface area contributed by atoms with Crippen LogP contribution >= 0.6 is 0 Å². The quantitative estimate of drug-likeness (QED) is 0.869. The summed E-state index contributed by atoms with van der Waals surface area (Å²) in [5, 5.41) is 22.9. The van der Waals surface area contributed by atoms with Gasteiger partial charge >= 0.3 is 0 Å². The number of fused-ring (bicyclic) bond motifs is 1. The average Bonchev–Trinajstić information content (AvgIpc) is 3.36. The maximum absolute atomic E-state index is 12.1. The molecule has 1 aromatic carbocycles. The highest BCUT2D eigenvalue weighted by Crippen LogP contribution is 2.59. The van der Waals surface area contributed by atoms with Crippen LogP contribution in [0.4, 0.5) is 0 Å². The molecule has 1 heterocycles. The SMILES string of the molecule is Cc1ccc2c(c1)[C@]13CCN(CC4CC4)[C@H](C2)[C@]1(O)C[C@H](C)[C@H](O)C3. The minimum Gasteiger partial charge on any atom is -0.393 e. The standard InChI is InChI=1S/C22H31NO2/c1-14-3-6-17-10-20-22(25)11-15(2)19(24)12-21(22,18(17)9-14)7-8-23(20)13-16-4-5-16/h3,6,9,15-16,19-20,24-25H,4-5,7-8,10-13H2,1-2H3/t15-,19+,20+,21+,22+/m0/s1. The van der Waals surface area contributed by atoms with Crippen molar-refractivity contribution in [3.8, 4) is 0 Å². The van der Waals surface area contributed by atoms with E-state index in [0.717, 1.165) is 44.7 Å². The molecule has 4 aliphatic rings. The summed E-state index contributed by atoms with van der Waals surface area (Å²) in [4.78, 5) is 2.60. The van der Waals surface area contributed by atoms with Gasteiger partial charge in [-0.2, -0.15) is 0 Å². The highest BCUT2D eigenvalue weighted by atomic mass is 16.3. The Morgan fingerprint density at radius 2 is 2.04 bits per heavy atom. The number of aliphatic hydroxyl groups excluding tert-OH is 1. The molecule has 3 fully saturated rings. The maximum atomic E-state index is 12.1. The van der Waals surface area contributed by atoms with Crippen LogP contribution in [0.25, 0.3) is 0 Å². The molecule has 0 amide bonds. The van der Waals surface area contributed by atoms with Gasteiger partial charge in [-0.25, -0.2) is 0 Å². The summed E-state index contributed by atoms with van der Waals surface area (Å²) in [7, 11) is 0. The summed E-state index contributed by atoms with van der Waals surface area (Å²) >= 11 is 0. The first-order valence-corrected chi connectivity index (χ1v) is 10.2. The molecule has 0 aromatic heterocycles. The molecule has 136 valence electrons. The fourth-order valence-corrected chi connectivity index (χ4v) is 6.27. The molecule has 1 aromatic rings. The van der Waals surface area contributed by atoms with Crippen molar-refractivity contribution >= 4 is 0 Å². The van der Waals surface area contributed by atoms with Gasteiger partial charge in [0, 0.05) is 18.0 Å². The zero-order valence-corrected chi connectivity index (χ0v) is 15.5. The first-order chi connectivity index (χ1) is 11.9. The average molecular weight is 341 g/mol. The molecule has 0 unspecified atom stereocenters. The van der Waals surface area contributed by atoms with E-state index in [-0.39, 0.29) is 23.5 Å². The number of piperidine rings is 1. The van der Waals surface area contributed by atoms with Gasteiger partial charge in [-0.05, 0) is 75.0 Å². The first-order valence-electron chi connectivity index (χ1n) is 10.2. The van der Waals surface area contributed by atoms with Crippen molar-refractivity contribution in [3.63, 3.8) is 0 Å². The zero-order chi connectivity index (χ0) is 17.4. The molecular weight excluding hydrogens is 310 g/mol. The minimum absolute atomic E-state index is 0.174. The van der Waals surface area contributed by atoms with E-state index in [2.05, 4.69) is 36.9 Å². The number of hydrogen-bond acceptors (Lipinski definition) is 3. The van der Waals surface area contributed by atoms with Crippen LogP contribution in [0.1, 0.15) is 55.7 Å². The summed E-state index contributed by atoms with van der Waals surface area (Å²) in [5.41, 5.74) is 3.05. The second kappa shape index (κ2) is 5.31. The molecule has 0 spiro atoms. The summed E-state index contributed by atoms with van der Waals surface area (Å²) in [6.45, 7) is 6.48. The van der Waals surface area contributed by atoms with Gasteiger partial charge in [0.25, 0.3) is 0 Å². The number of benzene rings is 1. The van der Waals surface area contributed by atoms with E-state index < -0.39 is 5.60 Å². The Labute approximate surface area is 151 Å². The maximum Gasteiger partial charge on any atom is 0.0906 e. The molecule has 25 heavy (non-hydrogen) atoms. The lowest BCUT2D eigenvalue weighted by Gasteiger charge is -2.65. The Morgan fingerprint density at radius 1 is 1.24 bits per heavy atom. The highest BCUT2D eigenvalue weighted by Gasteiger charge is 2.65. The molecule has 5 atom stereocenters.